The molecule has 0 aromatic carbocycles. The Labute approximate surface area is 117 Å². The van der Waals surface area contributed by atoms with Gasteiger partial charge in [0.15, 0.2) is 0 Å². The number of rotatable bonds is 3. The van der Waals surface area contributed by atoms with E-state index in [1.807, 2.05) is 11.8 Å². The van der Waals surface area contributed by atoms with Crippen LogP contribution in [0.5, 0.6) is 0 Å². The quantitative estimate of drug-likeness (QED) is 0.924. The van der Waals surface area contributed by atoms with Crippen LogP contribution in [0.1, 0.15) is 30.6 Å². The minimum atomic E-state index is -1.04. The van der Waals surface area contributed by atoms with E-state index in [4.69, 9.17) is 21.4 Å². The molecule has 2 rings (SSSR count). The Kier molecular flexibility index (Phi) is 4.27. The topological polar surface area (TPSA) is 62.7 Å². The molecule has 19 heavy (non-hydrogen) atoms. The first kappa shape index (κ1) is 14.1. The van der Waals surface area contributed by atoms with Gasteiger partial charge < -0.3 is 14.7 Å². The van der Waals surface area contributed by atoms with Gasteiger partial charge in [0.1, 0.15) is 5.82 Å². The molecule has 1 fully saturated rings. The molecule has 2 atom stereocenters. The maximum absolute atomic E-state index is 11.1. The number of hydrogen-bond acceptors (Lipinski definition) is 4. The molecular weight excluding hydrogens is 268 g/mol. The minimum Gasteiger partial charge on any atom is -0.478 e. The van der Waals surface area contributed by atoms with Gasteiger partial charge in [-0.25, -0.2) is 9.78 Å². The van der Waals surface area contributed by atoms with Crippen LogP contribution in [0.15, 0.2) is 12.3 Å². The van der Waals surface area contributed by atoms with Crippen molar-refractivity contribution in [1.29, 1.82) is 0 Å². The first-order chi connectivity index (χ1) is 9.04. The Morgan fingerprint density at radius 2 is 2.42 bits per heavy atom. The summed E-state index contributed by atoms with van der Waals surface area (Å²) in [6.45, 7) is 5.31. The fraction of sp³-hybridized carbons (Fsp3) is 0.538. The maximum atomic E-state index is 11.1. The summed E-state index contributed by atoms with van der Waals surface area (Å²) in [7, 11) is 0. The highest BCUT2D eigenvalue weighted by atomic mass is 35.5. The van der Waals surface area contributed by atoms with Gasteiger partial charge in [0.25, 0.3) is 0 Å². The standard InChI is InChI=1S/C13H17ClN2O3/c1-3-9-7-19-8(2)6-16(9)12-11(14)10(13(17)18)4-5-15-12/h4-5,8-9H,3,6-7H2,1-2H3,(H,17,18). The zero-order valence-corrected chi connectivity index (χ0v) is 11.7. The second kappa shape index (κ2) is 5.75. The lowest BCUT2D eigenvalue weighted by Gasteiger charge is -2.39. The molecule has 0 amide bonds. The van der Waals surface area contributed by atoms with E-state index < -0.39 is 5.97 Å². The average molecular weight is 285 g/mol. The number of carbonyl (C=O) groups is 1. The molecule has 1 saturated heterocycles. The Balaban J connectivity index is 2.39. The largest absolute Gasteiger partial charge is 0.478 e. The molecule has 0 aliphatic carbocycles. The molecular formula is C13H17ClN2O3. The molecule has 1 aliphatic rings. The number of hydrogen-bond donors (Lipinski definition) is 1. The van der Waals surface area contributed by atoms with Crippen LogP contribution in [-0.4, -0.2) is 41.4 Å². The molecule has 2 unspecified atom stereocenters. The van der Waals surface area contributed by atoms with Crippen LogP contribution < -0.4 is 4.90 Å². The predicted molar refractivity (Wildman–Crippen MR) is 73.0 cm³/mol. The van der Waals surface area contributed by atoms with Crippen LogP contribution in [-0.2, 0) is 4.74 Å². The van der Waals surface area contributed by atoms with E-state index in [0.717, 1.165) is 6.42 Å². The van der Waals surface area contributed by atoms with Gasteiger partial charge in [-0.1, -0.05) is 18.5 Å². The van der Waals surface area contributed by atoms with Crippen molar-refractivity contribution in [2.75, 3.05) is 18.1 Å². The third-order valence-electron chi connectivity index (χ3n) is 3.31. The second-order valence-electron chi connectivity index (χ2n) is 4.66. The third-order valence-corrected chi connectivity index (χ3v) is 3.68. The van der Waals surface area contributed by atoms with Gasteiger partial charge in [0, 0.05) is 12.7 Å². The Morgan fingerprint density at radius 1 is 1.68 bits per heavy atom. The summed E-state index contributed by atoms with van der Waals surface area (Å²) in [4.78, 5) is 17.4. The Morgan fingerprint density at radius 3 is 3.05 bits per heavy atom. The van der Waals surface area contributed by atoms with E-state index >= 15 is 0 Å². The molecule has 1 aliphatic heterocycles. The molecule has 6 heteroatoms. The first-order valence-corrected chi connectivity index (χ1v) is 6.68. The lowest BCUT2D eigenvalue weighted by atomic mass is 10.1. The van der Waals surface area contributed by atoms with Crippen LogP contribution >= 0.6 is 11.6 Å². The van der Waals surface area contributed by atoms with Gasteiger partial charge in [0.05, 0.1) is 29.3 Å². The second-order valence-corrected chi connectivity index (χ2v) is 5.04. The summed E-state index contributed by atoms with van der Waals surface area (Å²) in [5.41, 5.74) is 0.0839. The van der Waals surface area contributed by atoms with Crippen LogP contribution in [0, 0.1) is 0 Å². The molecule has 0 radical (unpaired) electrons. The number of anilines is 1. The lowest BCUT2D eigenvalue weighted by Crippen LogP contribution is -2.49. The van der Waals surface area contributed by atoms with Gasteiger partial charge in [-0.15, -0.1) is 0 Å². The van der Waals surface area contributed by atoms with E-state index in [1.54, 1.807) is 0 Å². The monoisotopic (exact) mass is 284 g/mol. The summed E-state index contributed by atoms with van der Waals surface area (Å²) >= 11 is 6.18. The van der Waals surface area contributed by atoms with Crippen LogP contribution in [0.3, 0.4) is 0 Å². The lowest BCUT2D eigenvalue weighted by molar-refractivity contribution is 0.0296. The fourth-order valence-electron chi connectivity index (χ4n) is 2.24. The van der Waals surface area contributed by atoms with Gasteiger partial charge in [-0.05, 0) is 19.4 Å². The fourth-order valence-corrected chi connectivity index (χ4v) is 2.54. The summed E-state index contributed by atoms with van der Waals surface area (Å²) < 4.78 is 5.62. The van der Waals surface area contributed by atoms with E-state index in [1.165, 1.54) is 12.3 Å². The normalized spacial score (nSPS) is 23.4. The van der Waals surface area contributed by atoms with E-state index in [9.17, 15) is 4.79 Å². The SMILES string of the molecule is CCC1COC(C)CN1c1nccc(C(=O)O)c1Cl. The number of carboxylic acids is 1. The van der Waals surface area contributed by atoms with Crippen LogP contribution in [0.4, 0.5) is 5.82 Å². The number of pyridine rings is 1. The minimum absolute atomic E-state index is 0.0779. The number of aromatic nitrogens is 1. The van der Waals surface area contributed by atoms with Crippen molar-refractivity contribution >= 4 is 23.4 Å². The molecule has 1 aromatic heterocycles. The average Bonchev–Trinajstić information content (AvgIpc) is 2.38. The highest BCUT2D eigenvalue weighted by Crippen LogP contribution is 2.30. The van der Waals surface area contributed by atoms with Crippen molar-refractivity contribution in [2.24, 2.45) is 0 Å². The van der Waals surface area contributed by atoms with Gasteiger partial charge >= 0.3 is 5.97 Å². The van der Waals surface area contributed by atoms with Crippen molar-refractivity contribution in [2.45, 2.75) is 32.4 Å². The Hall–Kier alpha value is -1.33. The number of nitrogens with zero attached hydrogens (tertiary/aromatic N) is 2. The zero-order chi connectivity index (χ0) is 14.0. The molecule has 1 N–H and O–H groups in total. The summed E-state index contributed by atoms with van der Waals surface area (Å²) in [6, 6.07) is 1.59. The molecule has 5 nitrogen and oxygen atoms in total. The van der Waals surface area contributed by atoms with Crippen molar-refractivity contribution in [3.8, 4) is 0 Å². The van der Waals surface area contributed by atoms with Gasteiger partial charge in [0.2, 0.25) is 0 Å². The van der Waals surface area contributed by atoms with Crippen LogP contribution in [0.25, 0.3) is 0 Å². The predicted octanol–water partition coefficient (Wildman–Crippen LogP) is 2.44. The van der Waals surface area contributed by atoms with Crippen LogP contribution in [0.2, 0.25) is 5.02 Å². The first-order valence-electron chi connectivity index (χ1n) is 6.30. The van der Waals surface area contributed by atoms with E-state index in [0.29, 0.717) is 19.0 Å². The van der Waals surface area contributed by atoms with Crippen molar-refractivity contribution in [3.05, 3.63) is 22.8 Å². The molecule has 104 valence electrons. The smallest absolute Gasteiger partial charge is 0.337 e. The molecule has 0 bridgehead atoms. The highest BCUT2D eigenvalue weighted by Gasteiger charge is 2.29. The molecule has 0 spiro atoms. The third kappa shape index (κ3) is 2.82. The van der Waals surface area contributed by atoms with Gasteiger partial charge in [-0.3, -0.25) is 0 Å². The number of ether oxygens (including phenoxy) is 1. The van der Waals surface area contributed by atoms with Crippen molar-refractivity contribution in [3.63, 3.8) is 0 Å². The zero-order valence-electron chi connectivity index (χ0n) is 11.0. The molecule has 0 saturated carbocycles. The maximum Gasteiger partial charge on any atom is 0.337 e. The number of morpholine rings is 1. The molecule has 1 aromatic rings. The summed E-state index contributed by atoms with van der Waals surface area (Å²) in [6.07, 6.45) is 2.45. The summed E-state index contributed by atoms with van der Waals surface area (Å²) in [5, 5.41) is 9.30. The number of carboxylic acid groups (broad SMARTS) is 1. The number of aromatic carboxylic acids is 1. The summed E-state index contributed by atoms with van der Waals surface area (Å²) in [5.74, 6) is -0.508. The van der Waals surface area contributed by atoms with Crippen molar-refractivity contribution < 1.29 is 14.6 Å². The molecule has 2 heterocycles. The van der Waals surface area contributed by atoms with Gasteiger partial charge in [-0.2, -0.15) is 0 Å². The Bertz CT molecular complexity index is 481. The highest BCUT2D eigenvalue weighted by molar-refractivity contribution is 6.35. The number of halogens is 1. The van der Waals surface area contributed by atoms with Crippen molar-refractivity contribution in [1.82, 2.24) is 4.98 Å². The van der Waals surface area contributed by atoms with E-state index in [-0.39, 0.29) is 22.7 Å². The van der Waals surface area contributed by atoms with E-state index in [2.05, 4.69) is 11.9 Å².